The van der Waals surface area contributed by atoms with Gasteiger partial charge in [-0.25, -0.2) is 4.98 Å². The first kappa shape index (κ1) is 15.8. The van der Waals surface area contributed by atoms with Crippen molar-refractivity contribution in [3.63, 3.8) is 0 Å². The van der Waals surface area contributed by atoms with Gasteiger partial charge in [0.05, 0.1) is 5.69 Å². The van der Waals surface area contributed by atoms with Crippen molar-refractivity contribution in [1.29, 1.82) is 0 Å². The Morgan fingerprint density at radius 2 is 1.76 bits per heavy atom. The normalized spacial score (nSPS) is 11.1. The van der Waals surface area contributed by atoms with Gasteiger partial charge in [0.2, 0.25) is 0 Å². The van der Waals surface area contributed by atoms with Gasteiger partial charge in [0.1, 0.15) is 11.4 Å². The van der Waals surface area contributed by atoms with Crippen molar-refractivity contribution in [3.05, 3.63) is 70.7 Å². The number of aromatic nitrogens is 2. The molecule has 0 aliphatic rings. The van der Waals surface area contributed by atoms with Crippen molar-refractivity contribution in [1.82, 2.24) is 9.38 Å². The number of benzene rings is 2. The van der Waals surface area contributed by atoms with Gasteiger partial charge in [0.25, 0.3) is 0 Å². The maximum absolute atomic E-state index is 12.0. The number of hydrogen-bond donors (Lipinski definition) is 0. The molecule has 4 aromatic rings. The summed E-state index contributed by atoms with van der Waals surface area (Å²) in [5, 5.41) is 0. The van der Waals surface area contributed by atoms with Gasteiger partial charge >= 0.3 is 0 Å². The van der Waals surface area contributed by atoms with Crippen molar-refractivity contribution < 1.29 is 4.79 Å². The minimum Gasteiger partial charge on any atom is -0.296 e. The number of carbonyl (C=O) groups excluding carboxylic acids is 1. The lowest BCUT2D eigenvalue weighted by molar-refractivity contribution is 0.111. The summed E-state index contributed by atoms with van der Waals surface area (Å²) in [6.07, 6.45) is 1.84. The van der Waals surface area contributed by atoms with E-state index in [0.717, 1.165) is 40.2 Å². The Balaban J connectivity index is 2.02. The van der Waals surface area contributed by atoms with E-state index in [2.05, 4.69) is 26.0 Å². The second-order valence-corrected chi connectivity index (χ2v) is 7.10. The summed E-state index contributed by atoms with van der Waals surface area (Å²) < 4.78 is 2.01. The average molecular weight is 346 g/mol. The summed E-state index contributed by atoms with van der Waals surface area (Å²) in [4.78, 5) is 18.9. The summed E-state index contributed by atoms with van der Waals surface area (Å²) in [6, 6.07) is 18.4. The van der Waals surface area contributed by atoms with E-state index in [9.17, 15) is 4.79 Å². The van der Waals surface area contributed by atoms with E-state index in [1.54, 1.807) is 11.3 Å². The highest BCUT2D eigenvalue weighted by Gasteiger charge is 2.21. The van der Waals surface area contributed by atoms with Crippen molar-refractivity contribution in [2.45, 2.75) is 20.3 Å². The standard InChI is InChI=1S/C21H18N2OS/c1-3-18-20(16-7-5-4-6-8-16)23-17(13-24)19(22-21(23)25-18)15-11-9-14(2)10-12-15/h4-13H,3H2,1-2H3. The minimum atomic E-state index is 0.619. The Morgan fingerprint density at radius 3 is 2.40 bits per heavy atom. The summed E-state index contributed by atoms with van der Waals surface area (Å²) in [5.74, 6) is 0. The highest BCUT2D eigenvalue weighted by atomic mass is 32.1. The van der Waals surface area contributed by atoms with E-state index in [-0.39, 0.29) is 0 Å². The minimum absolute atomic E-state index is 0.619. The molecule has 4 heteroatoms. The number of imidazole rings is 1. The van der Waals surface area contributed by atoms with E-state index < -0.39 is 0 Å². The van der Waals surface area contributed by atoms with Crippen LogP contribution in [-0.2, 0) is 6.42 Å². The molecule has 0 aliphatic heterocycles. The van der Waals surface area contributed by atoms with E-state index in [0.29, 0.717) is 5.69 Å². The molecule has 0 unspecified atom stereocenters. The highest BCUT2D eigenvalue weighted by molar-refractivity contribution is 7.17. The Bertz CT molecular complexity index is 1040. The number of hydrogen-bond acceptors (Lipinski definition) is 3. The first-order valence-corrected chi connectivity index (χ1v) is 9.16. The van der Waals surface area contributed by atoms with Gasteiger partial charge in [-0.3, -0.25) is 9.20 Å². The maximum Gasteiger partial charge on any atom is 0.195 e. The van der Waals surface area contributed by atoms with Crippen LogP contribution in [0.25, 0.3) is 27.5 Å². The van der Waals surface area contributed by atoms with Crippen LogP contribution in [-0.4, -0.2) is 15.7 Å². The maximum atomic E-state index is 12.0. The van der Waals surface area contributed by atoms with Gasteiger partial charge in [0.15, 0.2) is 11.2 Å². The van der Waals surface area contributed by atoms with E-state index in [1.165, 1.54) is 10.4 Å². The SMILES string of the molecule is CCc1sc2nc(-c3ccc(C)cc3)c(C=O)n2c1-c1ccccc1. The van der Waals surface area contributed by atoms with Crippen molar-refractivity contribution >= 4 is 22.6 Å². The van der Waals surface area contributed by atoms with Crippen LogP contribution in [0.1, 0.15) is 27.9 Å². The number of rotatable bonds is 4. The van der Waals surface area contributed by atoms with Crippen molar-refractivity contribution in [2.24, 2.45) is 0 Å². The third kappa shape index (κ3) is 2.59. The zero-order chi connectivity index (χ0) is 17.4. The van der Waals surface area contributed by atoms with Crippen LogP contribution in [0.4, 0.5) is 0 Å². The Kier molecular flexibility index (Phi) is 3.98. The number of aldehydes is 1. The van der Waals surface area contributed by atoms with Crippen LogP contribution in [0.2, 0.25) is 0 Å². The highest BCUT2D eigenvalue weighted by Crippen LogP contribution is 2.36. The van der Waals surface area contributed by atoms with Gasteiger partial charge in [0, 0.05) is 10.4 Å². The molecular weight excluding hydrogens is 328 g/mol. The Hall–Kier alpha value is -2.72. The van der Waals surface area contributed by atoms with Gasteiger partial charge in [-0.2, -0.15) is 0 Å². The molecule has 3 nitrogen and oxygen atoms in total. The van der Waals surface area contributed by atoms with Crippen molar-refractivity contribution in [2.75, 3.05) is 0 Å². The largest absolute Gasteiger partial charge is 0.296 e. The van der Waals surface area contributed by atoms with Crippen LogP contribution in [0.5, 0.6) is 0 Å². The fourth-order valence-corrected chi connectivity index (χ4v) is 4.23. The molecule has 0 saturated heterocycles. The number of thiazole rings is 1. The summed E-state index contributed by atoms with van der Waals surface area (Å²) in [6.45, 7) is 4.19. The fraction of sp³-hybridized carbons (Fsp3) is 0.143. The second-order valence-electron chi connectivity index (χ2n) is 6.04. The molecule has 2 aromatic heterocycles. The molecule has 25 heavy (non-hydrogen) atoms. The second kappa shape index (κ2) is 6.30. The van der Waals surface area contributed by atoms with Gasteiger partial charge in [-0.05, 0) is 18.9 Å². The Morgan fingerprint density at radius 1 is 1.04 bits per heavy atom. The molecule has 0 saturated carbocycles. The zero-order valence-corrected chi connectivity index (χ0v) is 15.0. The molecule has 0 bridgehead atoms. The fourth-order valence-electron chi connectivity index (χ4n) is 3.14. The molecule has 0 amide bonds. The zero-order valence-electron chi connectivity index (χ0n) is 14.2. The van der Waals surface area contributed by atoms with Crippen LogP contribution >= 0.6 is 11.3 Å². The predicted octanol–water partition coefficient (Wildman–Crippen LogP) is 5.41. The average Bonchev–Trinajstić information content (AvgIpc) is 3.18. The molecule has 0 atom stereocenters. The van der Waals surface area contributed by atoms with Gasteiger partial charge in [-0.1, -0.05) is 67.1 Å². The molecule has 4 rings (SSSR count). The van der Waals surface area contributed by atoms with Crippen LogP contribution in [0.15, 0.2) is 54.6 Å². The van der Waals surface area contributed by atoms with E-state index in [4.69, 9.17) is 4.98 Å². The predicted molar refractivity (Wildman–Crippen MR) is 103 cm³/mol. The van der Waals surface area contributed by atoms with E-state index >= 15 is 0 Å². The summed E-state index contributed by atoms with van der Waals surface area (Å²) in [7, 11) is 0. The molecule has 0 spiro atoms. The monoisotopic (exact) mass is 346 g/mol. The number of nitrogens with zero attached hydrogens (tertiary/aromatic N) is 2. The van der Waals surface area contributed by atoms with Crippen LogP contribution in [0, 0.1) is 6.92 Å². The summed E-state index contributed by atoms with van der Waals surface area (Å²) >= 11 is 1.66. The molecular formula is C21H18N2OS. The number of aryl methyl sites for hydroxylation is 2. The van der Waals surface area contributed by atoms with Gasteiger partial charge < -0.3 is 0 Å². The lowest BCUT2D eigenvalue weighted by atomic mass is 10.1. The number of carbonyl (C=O) groups is 1. The third-order valence-electron chi connectivity index (χ3n) is 4.39. The lowest BCUT2D eigenvalue weighted by Crippen LogP contribution is -1.96. The molecule has 0 fully saturated rings. The molecule has 0 radical (unpaired) electrons. The quantitative estimate of drug-likeness (QED) is 0.463. The van der Waals surface area contributed by atoms with Crippen LogP contribution < -0.4 is 0 Å². The molecule has 124 valence electrons. The van der Waals surface area contributed by atoms with Crippen LogP contribution in [0.3, 0.4) is 0 Å². The topological polar surface area (TPSA) is 34.4 Å². The van der Waals surface area contributed by atoms with Crippen molar-refractivity contribution in [3.8, 4) is 22.5 Å². The summed E-state index contributed by atoms with van der Waals surface area (Å²) in [5.41, 5.74) is 5.73. The lowest BCUT2D eigenvalue weighted by Gasteiger charge is -2.06. The molecule has 2 aromatic carbocycles. The molecule has 2 heterocycles. The van der Waals surface area contributed by atoms with Gasteiger partial charge in [-0.15, -0.1) is 11.3 Å². The van der Waals surface area contributed by atoms with E-state index in [1.807, 2.05) is 46.9 Å². The first-order valence-electron chi connectivity index (χ1n) is 8.34. The number of fused-ring (bicyclic) bond motifs is 1. The molecule has 0 aliphatic carbocycles. The third-order valence-corrected chi connectivity index (χ3v) is 5.57. The smallest absolute Gasteiger partial charge is 0.195 e. The first-order chi connectivity index (χ1) is 12.2. The molecule has 0 N–H and O–H groups in total. The Labute approximate surface area is 150 Å².